The molecule has 0 amide bonds. The number of allylic oxidation sites excluding steroid dienone is 1. The van der Waals surface area contributed by atoms with Gasteiger partial charge in [0.05, 0.1) is 5.69 Å². The molecule has 0 saturated carbocycles. The second-order valence-corrected chi connectivity index (χ2v) is 5.25. The number of nitrogens with zero attached hydrogens (tertiary/aromatic N) is 2. The minimum atomic E-state index is -4.77. The quantitative estimate of drug-likeness (QED) is 0.543. The minimum Gasteiger partial charge on any atom is -0.406 e. The Bertz CT molecular complexity index is 592. The predicted octanol–water partition coefficient (Wildman–Crippen LogP) is 4.30. The number of hydrogen-bond donors (Lipinski definition) is 1. The van der Waals surface area contributed by atoms with Crippen molar-refractivity contribution < 1.29 is 17.9 Å². The molecule has 0 radical (unpaired) electrons. The number of halogens is 5. The van der Waals surface area contributed by atoms with E-state index in [1.165, 1.54) is 6.07 Å². The Morgan fingerprint density at radius 1 is 1.35 bits per heavy atom. The monoisotopic (exact) mass is 457 g/mol. The summed E-state index contributed by atoms with van der Waals surface area (Å²) in [4.78, 5) is 0. The number of anilines is 1. The lowest BCUT2D eigenvalue weighted by molar-refractivity contribution is -0.274. The second-order valence-electron chi connectivity index (χ2n) is 3.24. The topological polar surface area (TPSA) is 68.8 Å². The first-order valence-corrected chi connectivity index (χ1v) is 6.65. The van der Waals surface area contributed by atoms with Crippen molar-refractivity contribution in [2.24, 2.45) is 0 Å². The average Bonchev–Trinajstić information content (AvgIpc) is 2.30. The number of benzene rings is 1. The third-order valence-electron chi connectivity index (χ3n) is 1.85. The zero-order valence-corrected chi connectivity index (χ0v) is 13.2. The van der Waals surface area contributed by atoms with E-state index in [9.17, 15) is 13.2 Å². The van der Waals surface area contributed by atoms with E-state index in [4.69, 9.17) is 10.5 Å². The Hall–Kier alpha value is -1.46. The predicted molar refractivity (Wildman–Crippen MR) is 76.5 cm³/mol. The summed E-state index contributed by atoms with van der Waals surface area (Å²) in [5.41, 5.74) is 0.256. The van der Waals surface area contributed by atoms with Crippen molar-refractivity contribution in [3.63, 3.8) is 0 Å². The van der Waals surface area contributed by atoms with Gasteiger partial charge in [-0.1, -0.05) is 0 Å². The van der Waals surface area contributed by atoms with Crippen LogP contribution in [0.25, 0.3) is 0 Å². The van der Waals surface area contributed by atoms with Crippen LogP contribution in [0.5, 0.6) is 5.75 Å². The van der Waals surface area contributed by atoms with Crippen molar-refractivity contribution >= 4 is 44.2 Å². The molecule has 0 unspecified atom stereocenters. The van der Waals surface area contributed by atoms with Gasteiger partial charge in [-0.3, -0.25) is 0 Å². The van der Waals surface area contributed by atoms with E-state index in [2.05, 4.69) is 26.0 Å². The lowest BCUT2D eigenvalue weighted by atomic mass is 10.3. The molecule has 0 fully saturated rings. The second kappa shape index (κ2) is 6.81. The molecule has 0 aliphatic rings. The zero-order chi connectivity index (χ0) is 15.3. The molecule has 1 rings (SSSR count). The SMILES string of the molecule is N#CC(C#N)=CNc1c(Br)cc(OC(F)(F)F)cc1I. The van der Waals surface area contributed by atoms with Crippen LogP contribution in [-0.2, 0) is 0 Å². The summed E-state index contributed by atoms with van der Waals surface area (Å²) in [5.74, 6) is -0.371. The number of rotatable bonds is 3. The van der Waals surface area contributed by atoms with E-state index < -0.39 is 6.36 Å². The fraction of sp³-hybridized carbons (Fsp3) is 0.0909. The van der Waals surface area contributed by atoms with Gasteiger partial charge in [-0.05, 0) is 50.7 Å². The van der Waals surface area contributed by atoms with Gasteiger partial charge < -0.3 is 10.1 Å². The largest absolute Gasteiger partial charge is 0.573 e. The van der Waals surface area contributed by atoms with Crippen molar-refractivity contribution in [1.29, 1.82) is 10.5 Å². The third-order valence-corrected chi connectivity index (χ3v) is 3.33. The van der Waals surface area contributed by atoms with Gasteiger partial charge in [0, 0.05) is 14.2 Å². The third kappa shape index (κ3) is 4.90. The first-order chi connectivity index (χ1) is 9.26. The van der Waals surface area contributed by atoms with Crippen molar-refractivity contribution in [2.45, 2.75) is 6.36 Å². The highest BCUT2D eigenvalue weighted by atomic mass is 127. The van der Waals surface area contributed by atoms with Gasteiger partial charge in [-0.2, -0.15) is 10.5 Å². The van der Waals surface area contributed by atoms with Crippen LogP contribution in [0.15, 0.2) is 28.4 Å². The highest BCUT2D eigenvalue weighted by Crippen LogP contribution is 2.34. The van der Waals surface area contributed by atoms with E-state index in [1.54, 1.807) is 34.7 Å². The summed E-state index contributed by atoms with van der Waals surface area (Å²) >= 11 is 4.89. The number of nitrogens with one attached hydrogen (secondary N) is 1. The van der Waals surface area contributed by atoms with Crippen molar-refractivity contribution in [1.82, 2.24) is 0 Å². The Balaban J connectivity index is 3.05. The number of alkyl halides is 3. The maximum absolute atomic E-state index is 12.1. The molecule has 0 aromatic heterocycles. The summed E-state index contributed by atoms with van der Waals surface area (Å²) in [7, 11) is 0. The molecular formula is C11H4BrF3IN3O. The lowest BCUT2D eigenvalue weighted by Gasteiger charge is -2.12. The van der Waals surface area contributed by atoms with Crippen LogP contribution in [0.4, 0.5) is 18.9 Å². The molecule has 0 bridgehead atoms. The molecule has 9 heteroatoms. The summed E-state index contributed by atoms with van der Waals surface area (Å²) in [6, 6.07) is 5.60. The van der Waals surface area contributed by atoms with Crippen LogP contribution < -0.4 is 10.1 Å². The molecule has 0 spiro atoms. The minimum absolute atomic E-state index is 0.164. The number of nitriles is 2. The maximum atomic E-state index is 12.1. The zero-order valence-electron chi connectivity index (χ0n) is 9.42. The van der Waals surface area contributed by atoms with E-state index in [0.717, 1.165) is 12.3 Å². The summed E-state index contributed by atoms with van der Waals surface area (Å²) < 4.78 is 40.9. The highest BCUT2D eigenvalue weighted by Gasteiger charge is 2.31. The van der Waals surface area contributed by atoms with E-state index in [-0.39, 0.29) is 11.3 Å². The van der Waals surface area contributed by atoms with Crippen LogP contribution in [0, 0.1) is 26.2 Å². The average molecular weight is 458 g/mol. The van der Waals surface area contributed by atoms with Crippen LogP contribution in [0.3, 0.4) is 0 Å². The lowest BCUT2D eigenvalue weighted by Crippen LogP contribution is -2.17. The smallest absolute Gasteiger partial charge is 0.406 e. The van der Waals surface area contributed by atoms with E-state index in [0.29, 0.717) is 13.7 Å². The van der Waals surface area contributed by atoms with Crippen LogP contribution in [0.2, 0.25) is 0 Å². The van der Waals surface area contributed by atoms with Gasteiger partial charge in [-0.25, -0.2) is 0 Å². The Kier molecular flexibility index (Phi) is 5.65. The summed E-state index contributed by atoms with van der Waals surface area (Å²) in [5, 5.41) is 19.8. The first-order valence-electron chi connectivity index (χ1n) is 4.78. The molecule has 0 atom stereocenters. The van der Waals surface area contributed by atoms with Crippen molar-refractivity contribution in [3.8, 4) is 17.9 Å². The molecule has 4 nitrogen and oxygen atoms in total. The molecule has 1 aromatic carbocycles. The number of hydrogen-bond acceptors (Lipinski definition) is 4. The van der Waals surface area contributed by atoms with Crippen LogP contribution >= 0.6 is 38.5 Å². The van der Waals surface area contributed by atoms with Gasteiger partial charge in [0.15, 0.2) is 0 Å². The molecule has 1 N–H and O–H groups in total. The Morgan fingerprint density at radius 3 is 2.40 bits per heavy atom. The molecule has 0 aliphatic carbocycles. The van der Waals surface area contributed by atoms with E-state index >= 15 is 0 Å². The normalized spacial score (nSPS) is 10.2. The molecule has 20 heavy (non-hydrogen) atoms. The molecule has 1 aromatic rings. The van der Waals surface area contributed by atoms with Gasteiger partial charge in [0.1, 0.15) is 23.5 Å². The Labute approximate surface area is 134 Å². The number of ether oxygens (including phenoxy) is 1. The fourth-order valence-electron chi connectivity index (χ4n) is 1.11. The van der Waals surface area contributed by atoms with Crippen molar-refractivity contribution in [3.05, 3.63) is 31.9 Å². The maximum Gasteiger partial charge on any atom is 0.573 e. The molecule has 0 saturated heterocycles. The summed E-state index contributed by atoms with van der Waals surface area (Å²) in [6.45, 7) is 0. The van der Waals surface area contributed by atoms with Gasteiger partial charge in [0.2, 0.25) is 0 Å². The van der Waals surface area contributed by atoms with Gasteiger partial charge >= 0.3 is 6.36 Å². The summed E-state index contributed by atoms with van der Waals surface area (Å²) in [6.07, 6.45) is -3.61. The molecule has 0 aliphatic heterocycles. The highest BCUT2D eigenvalue weighted by molar-refractivity contribution is 14.1. The first kappa shape index (κ1) is 16.6. The van der Waals surface area contributed by atoms with Gasteiger partial charge in [-0.15, -0.1) is 13.2 Å². The molecular weight excluding hydrogens is 454 g/mol. The van der Waals surface area contributed by atoms with Crippen molar-refractivity contribution in [2.75, 3.05) is 5.32 Å². The van der Waals surface area contributed by atoms with E-state index in [1.807, 2.05) is 0 Å². The van der Waals surface area contributed by atoms with Gasteiger partial charge in [0.25, 0.3) is 0 Å². The Morgan fingerprint density at radius 2 is 1.95 bits per heavy atom. The molecule has 0 heterocycles. The van der Waals surface area contributed by atoms with Crippen LogP contribution in [-0.4, -0.2) is 6.36 Å². The standard InChI is InChI=1S/C11H4BrF3IN3O/c12-8-1-7(20-11(13,14)15)2-9(16)10(8)19-5-6(3-17)4-18/h1-2,5,19H. The van der Waals surface area contributed by atoms with Crippen LogP contribution in [0.1, 0.15) is 0 Å². The molecule has 104 valence electrons. The fourth-order valence-corrected chi connectivity index (χ4v) is 2.79.